The summed E-state index contributed by atoms with van der Waals surface area (Å²) in [6.45, 7) is -0.247. The smallest absolute Gasteiger partial charge is 0.281 e. The van der Waals surface area contributed by atoms with Crippen LogP contribution in [0.25, 0.3) is 0 Å². The maximum atomic E-state index is 13.3. The summed E-state index contributed by atoms with van der Waals surface area (Å²) in [5, 5.41) is 6.13. The minimum atomic E-state index is -0.309. The zero-order valence-corrected chi connectivity index (χ0v) is 19.8. The molecule has 1 unspecified atom stereocenters. The van der Waals surface area contributed by atoms with E-state index in [9.17, 15) is 9.59 Å². The lowest BCUT2D eigenvalue weighted by atomic mass is 9.98. The molecule has 1 aliphatic rings. The monoisotopic (exact) mass is 474 g/mol. The van der Waals surface area contributed by atoms with Gasteiger partial charge in [0.15, 0.2) is 18.1 Å². The number of benzene rings is 3. The number of hydrazone groups is 1. The Hall–Kier alpha value is -4.33. The number of aldehydes is 1. The standard InChI is InChI=1S/C27H26N2O6/c1-32-21-9-5-19(6-10-21)23-15-24(20-7-11-22(33-2)12-8-20)29(28-23)27(31)17-35-25-13-4-18(16-30)14-26(25)34-3/h4-14,16,24H,15,17H2,1-3H3. The van der Waals surface area contributed by atoms with Gasteiger partial charge in [0.2, 0.25) is 0 Å². The van der Waals surface area contributed by atoms with E-state index in [4.69, 9.17) is 18.9 Å². The van der Waals surface area contributed by atoms with Crippen LogP contribution in [0.15, 0.2) is 71.8 Å². The summed E-state index contributed by atoms with van der Waals surface area (Å²) >= 11 is 0. The fraction of sp³-hybridized carbons (Fsp3) is 0.222. The highest BCUT2D eigenvalue weighted by molar-refractivity contribution is 6.03. The first kappa shape index (κ1) is 23.8. The number of carbonyl (C=O) groups is 2. The molecule has 3 aromatic carbocycles. The van der Waals surface area contributed by atoms with Crippen molar-refractivity contribution in [3.05, 3.63) is 83.4 Å². The van der Waals surface area contributed by atoms with E-state index < -0.39 is 0 Å². The second-order valence-electron chi connectivity index (χ2n) is 7.82. The summed E-state index contributed by atoms with van der Waals surface area (Å²) in [6, 6.07) is 19.6. The molecule has 180 valence electrons. The van der Waals surface area contributed by atoms with Gasteiger partial charge >= 0.3 is 0 Å². The summed E-state index contributed by atoms with van der Waals surface area (Å²) in [6.07, 6.45) is 1.26. The van der Waals surface area contributed by atoms with Gasteiger partial charge in [-0.05, 0) is 65.7 Å². The van der Waals surface area contributed by atoms with E-state index >= 15 is 0 Å². The lowest BCUT2D eigenvalue weighted by Crippen LogP contribution is -2.31. The molecule has 0 aliphatic carbocycles. The van der Waals surface area contributed by atoms with E-state index in [1.54, 1.807) is 32.4 Å². The van der Waals surface area contributed by atoms with Gasteiger partial charge in [0.25, 0.3) is 5.91 Å². The normalized spacial score (nSPS) is 14.8. The largest absolute Gasteiger partial charge is 0.497 e. The molecule has 0 aromatic heterocycles. The molecule has 1 atom stereocenters. The molecular weight excluding hydrogens is 448 g/mol. The molecule has 4 rings (SSSR count). The van der Waals surface area contributed by atoms with Crippen LogP contribution in [0.4, 0.5) is 0 Å². The van der Waals surface area contributed by atoms with E-state index in [-0.39, 0.29) is 18.6 Å². The Kier molecular flexibility index (Phi) is 7.30. The second-order valence-corrected chi connectivity index (χ2v) is 7.82. The van der Waals surface area contributed by atoms with Gasteiger partial charge in [0.1, 0.15) is 17.8 Å². The summed E-state index contributed by atoms with van der Waals surface area (Å²) in [5.41, 5.74) is 3.08. The molecule has 8 heteroatoms. The summed E-state index contributed by atoms with van der Waals surface area (Å²) in [7, 11) is 4.70. The van der Waals surface area contributed by atoms with Gasteiger partial charge < -0.3 is 18.9 Å². The average Bonchev–Trinajstić information content (AvgIpc) is 3.37. The Morgan fingerprint density at radius 2 is 1.57 bits per heavy atom. The highest BCUT2D eigenvalue weighted by Gasteiger charge is 2.33. The van der Waals surface area contributed by atoms with Crippen molar-refractivity contribution in [1.29, 1.82) is 0 Å². The number of methoxy groups -OCH3 is 3. The number of hydrogen-bond acceptors (Lipinski definition) is 7. The average molecular weight is 475 g/mol. The third-order valence-corrected chi connectivity index (χ3v) is 5.76. The number of rotatable bonds is 9. The topological polar surface area (TPSA) is 86.7 Å². The molecular formula is C27H26N2O6. The molecule has 0 spiro atoms. The van der Waals surface area contributed by atoms with Crippen molar-refractivity contribution in [1.82, 2.24) is 5.01 Å². The molecule has 35 heavy (non-hydrogen) atoms. The van der Waals surface area contributed by atoms with Crippen LogP contribution in [0.2, 0.25) is 0 Å². The molecule has 0 fully saturated rings. The third-order valence-electron chi connectivity index (χ3n) is 5.76. The van der Waals surface area contributed by atoms with Crippen LogP contribution in [0, 0.1) is 0 Å². The van der Waals surface area contributed by atoms with Crippen LogP contribution in [-0.4, -0.2) is 50.9 Å². The first-order valence-electron chi connectivity index (χ1n) is 11.0. The van der Waals surface area contributed by atoms with E-state index in [2.05, 4.69) is 5.10 Å². The zero-order chi connectivity index (χ0) is 24.8. The van der Waals surface area contributed by atoms with Crippen molar-refractivity contribution in [3.63, 3.8) is 0 Å². The predicted octanol–water partition coefficient (Wildman–Crippen LogP) is 4.28. The Bertz CT molecular complexity index is 1220. The predicted molar refractivity (Wildman–Crippen MR) is 131 cm³/mol. The van der Waals surface area contributed by atoms with Gasteiger partial charge in [0, 0.05) is 12.0 Å². The number of amides is 1. The molecule has 3 aromatic rings. The number of hydrogen-bond donors (Lipinski definition) is 0. The van der Waals surface area contributed by atoms with Crippen LogP contribution in [-0.2, 0) is 4.79 Å². The van der Waals surface area contributed by atoms with Gasteiger partial charge in [-0.1, -0.05) is 12.1 Å². The quantitative estimate of drug-likeness (QED) is 0.430. The van der Waals surface area contributed by atoms with E-state index in [0.717, 1.165) is 34.6 Å². The highest BCUT2D eigenvalue weighted by atomic mass is 16.5. The molecule has 1 amide bonds. The molecule has 0 saturated carbocycles. The van der Waals surface area contributed by atoms with Crippen molar-refractivity contribution in [3.8, 4) is 23.0 Å². The van der Waals surface area contributed by atoms with Crippen LogP contribution < -0.4 is 18.9 Å². The van der Waals surface area contributed by atoms with Crippen LogP contribution in [0.5, 0.6) is 23.0 Å². The minimum absolute atomic E-state index is 0.247. The zero-order valence-electron chi connectivity index (χ0n) is 19.8. The van der Waals surface area contributed by atoms with Crippen molar-refractivity contribution >= 4 is 17.9 Å². The van der Waals surface area contributed by atoms with Gasteiger partial charge in [-0.2, -0.15) is 5.10 Å². The molecule has 8 nitrogen and oxygen atoms in total. The van der Waals surface area contributed by atoms with Crippen LogP contribution >= 0.6 is 0 Å². The number of ether oxygens (including phenoxy) is 4. The van der Waals surface area contributed by atoms with E-state index in [1.807, 2.05) is 48.5 Å². The third kappa shape index (κ3) is 5.27. The first-order valence-corrected chi connectivity index (χ1v) is 11.0. The summed E-state index contributed by atoms with van der Waals surface area (Å²) < 4.78 is 21.6. The summed E-state index contributed by atoms with van der Waals surface area (Å²) in [5.74, 6) is 1.91. The lowest BCUT2D eigenvalue weighted by Gasteiger charge is -2.22. The molecule has 0 bridgehead atoms. The lowest BCUT2D eigenvalue weighted by molar-refractivity contribution is -0.135. The Morgan fingerprint density at radius 1 is 0.914 bits per heavy atom. The minimum Gasteiger partial charge on any atom is -0.497 e. The van der Waals surface area contributed by atoms with E-state index in [1.165, 1.54) is 12.1 Å². The maximum absolute atomic E-state index is 13.3. The van der Waals surface area contributed by atoms with Gasteiger partial charge in [-0.25, -0.2) is 5.01 Å². The van der Waals surface area contributed by atoms with Gasteiger partial charge in [-0.3, -0.25) is 9.59 Å². The van der Waals surface area contributed by atoms with Crippen molar-refractivity contribution < 1.29 is 28.5 Å². The Balaban J connectivity index is 1.58. The first-order chi connectivity index (χ1) is 17.1. The molecule has 0 N–H and O–H groups in total. The maximum Gasteiger partial charge on any atom is 0.281 e. The Morgan fingerprint density at radius 3 is 2.17 bits per heavy atom. The van der Waals surface area contributed by atoms with Gasteiger partial charge in [0.05, 0.1) is 33.1 Å². The SMILES string of the molecule is COc1ccc(C2=NN(C(=O)COc3ccc(C=O)cc3OC)C(c3ccc(OC)cc3)C2)cc1. The van der Waals surface area contributed by atoms with Crippen LogP contribution in [0.3, 0.4) is 0 Å². The van der Waals surface area contributed by atoms with Gasteiger partial charge in [-0.15, -0.1) is 0 Å². The number of carbonyl (C=O) groups excluding carboxylic acids is 2. The van der Waals surface area contributed by atoms with Crippen molar-refractivity contribution in [2.45, 2.75) is 12.5 Å². The number of nitrogens with zero attached hydrogens (tertiary/aromatic N) is 2. The van der Waals surface area contributed by atoms with E-state index in [0.29, 0.717) is 23.5 Å². The fourth-order valence-corrected chi connectivity index (χ4v) is 3.87. The highest BCUT2D eigenvalue weighted by Crippen LogP contribution is 2.34. The summed E-state index contributed by atoms with van der Waals surface area (Å²) in [4.78, 5) is 24.3. The van der Waals surface area contributed by atoms with Crippen molar-refractivity contribution in [2.75, 3.05) is 27.9 Å². The molecule has 0 radical (unpaired) electrons. The molecule has 1 heterocycles. The molecule has 0 saturated heterocycles. The Labute approximate surface area is 203 Å². The second kappa shape index (κ2) is 10.7. The molecule has 1 aliphatic heterocycles. The van der Waals surface area contributed by atoms with Crippen LogP contribution in [0.1, 0.15) is 33.9 Å². The van der Waals surface area contributed by atoms with Crippen molar-refractivity contribution in [2.24, 2.45) is 5.10 Å². The fourth-order valence-electron chi connectivity index (χ4n) is 3.87.